The zero-order valence-electron chi connectivity index (χ0n) is 7.59. The average Bonchev–Trinajstić information content (AvgIpc) is 2.15. The van der Waals surface area contributed by atoms with Crippen molar-refractivity contribution in [3.8, 4) is 5.75 Å². The Kier molecular flexibility index (Phi) is 4.19. The maximum absolute atomic E-state index is 9.63. The second kappa shape index (κ2) is 4.98. The molecule has 0 spiro atoms. The summed E-state index contributed by atoms with van der Waals surface area (Å²) in [5, 5.41) is 22.3. The summed E-state index contributed by atoms with van der Waals surface area (Å²) >= 11 is 8.98. The van der Waals surface area contributed by atoms with Crippen molar-refractivity contribution in [1.82, 2.24) is 5.32 Å². The number of aliphatic hydroxyl groups excluding tert-OH is 1. The monoisotopic (exact) mass is 279 g/mol. The molecule has 1 atom stereocenters. The van der Waals surface area contributed by atoms with Gasteiger partial charge in [-0.25, -0.2) is 0 Å². The van der Waals surface area contributed by atoms with Crippen molar-refractivity contribution in [2.45, 2.75) is 6.10 Å². The Balaban J connectivity index is 3.04. The predicted octanol–water partition coefficient (Wildman–Crippen LogP) is 2.06. The van der Waals surface area contributed by atoms with Gasteiger partial charge in [-0.3, -0.25) is 0 Å². The summed E-state index contributed by atoms with van der Waals surface area (Å²) in [6, 6.07) is 3.32. The number of hydrogen-bond donors (Lipinski definition) is 3. The SMILES string of the molecule is CNCC(O)c1ccc(Br)c(Cl)c1O. The number of halogens is 2. The lowest BCUT2D eigenvalue weighted by Crippen LogP contribution is -2.16. The molecule has 0 bridgehead atoms. The highest BCUT2D eigenvalue weighted by atomic mass is 79.9. The Morgan fingerprint density at radius 1 is 1.57 bits per heavy atom. The van der Waals surface area contributed by atoms with Gasteiger partial charge in [-0.1, -0.05) is 17.7 Å². The molecule has 1 unspecified atom stereocenters. The molecule has 14 heavy (non-hydrogen) atoms. The van der Waals surface area contributed by atoms with Crippen LogP contribution in [-0.2, 0) is 0 Å². The summed E-state index contributed by atoms with van der Waals surface area (Å²) in [7, 11) is 1.72. The summed E-state index contributed by atoms with van der Waals surface area (Å²) < 4.78 is 0.608. The van der Waals surface area contributed by atoms with E-state index in [1.165, 1.54) is 0 Å². The minimum Gasteiger partial charge on any atom is -0.506 e. The first-order chi connectivity index (χ1) is 6.57. The smallest absolute Gasteiger partial charge is 0.141 e. The molecule has 0 aliphatic carbocycles. The lowest BCUT2D eigenvalue weighted by molar-refractivity contribution is 0.174. The Bertz CT molecular complexity index is 333. The number of likely N-dealkylation sites (N-methyl/N-ethyl adjacent to an activating group) is 1. The molecule has 0 fully saturated rings. The van der Waals surface area contributed by atoms with E-state index in [1.807, 2.05) is 0 Å². The maximum Gasteiger partial charge on any atom is 0.141 e. The van der Waals surface area contributed by atoms with Crippen molar-refractivity contribution >= 4 is 27.5 Å². The number of aromatic hydroxyl groups is 1. The van der Waals surface area contributed by atoms with Gasteiger partial charge in [-0.15, -0.1) is 0 Å². The molecule has 1 rings (SSSR count). The van der Waals surface area contributed by atoms with Gasteiger partial charge in [-0.05, 0) is 29.0 Å². The molecule has 0 aliphatic rings. The Morgan fingerprint density at radius 2 is 2.21 bits per heavy atom. The largest absolute Gasteiger partial charge is 0.506 e. The van der Waals surface area contributed by atoms with E-state index in [0.29, 0.717) is 16.6 Å². The quantitative estimate of drug-likeness (QED) is 0.794. The van der Waals surface area contributed by atoms with Crippen molar-refractivity contribution < 1.29 is 10.2 Å². The fourth-order valence-corrected chi connectivity index (χ4v) is 1.62. The maximum atomic E-state index is 9.63. The molecule has 1 aromatic rings. The number of rotatable bonds is 3. The van der Waals surface area contributed by atoms with Crippen LogP contribution in [0.1, 0.15) is 11.7 Å². The normalized spacial score (nSPS) is 12.9. The van der Waals surface area contributed by atoms with Crippen molar-refractivity contribution in [2.75, 3.05) is 13.6 Å². The van der Waals surface area contributed by atoms with E-state index in [2.05, 4.69) is 21.2 Å². The van der Waals surface area contributed by atoms with Gasteiger partial charge in [0.2, 0.25) is 0 Å². The van der Waals surface area contributed by atoms with Crippen LogP contribution in [0.3, 0.4) is 0 Å². The summed E-state index contributed by atoms with van der Waals surface area (Å²) in [6.07, 6.45) is -0.759. The van der Waals surface area contributed by atoms with Crippen LogP contribution in [-0.4, -0.2) is 23.8 Å². The second-order valence-electron chi connectivity index (χ2n) is 2.87. The van der Waals surface area contributed by atoms with Gasteiger partial charge >= 0.3 is 0 Å². The molecule has 78 valence electrons. The zero-order valence-corrected chi connectivity index (χ0v) is 9.93. The lowest BCUT2D eigenvalue weighted by Gasteiger charge is -2.13. The molecule has 0 saturated carbocycles. The topological polar surface area (TPSA) is 52.5 Å². The number of hydrogen-bond acceptors (Lipinski definition) is 3. The molecule has 3 nitrogen and oxygen atoms in total. The van der Waals surface area contributed by atoms with Crippen LogP contribution in [0, 0.1) is 0 Å². The Hall–Kier alpha value is -0.290. The first-order valence-corrected chi connectivity index (χ1v) is 5.24. The van der Waals surface area contributed by atoms with Crippen LogP contribution in [0.4, 0.5) is 0 Å². The third-order valence-corrected chi connectivity index (χ3v) is 3.13. The highest BCUT2D eigenvalue weighted by molar-refractivity contribution is 9.10. The molecule has 5 heteroatoms. The third kappa shape index (κ3) is 2.39. The number of nitrogens with one attached hydrogen (secondary N) is 1. The van der Waals surface area contributed by atoms with Crippen LogP contribution in [0.2, 0.25) is 5.02 Å². The van der Waals surface area contributed by atoms with E-state index in [0.717, 1.165) is 0 Å². The molecule has 3 N–H and O–H groups in total. The van der Waals surface area contributed by atoms with E-state index < -0.39 is 6.10 Å². The lowest BCUT2D eigenvalue weighted by atomic mass is 10.1. The molecule has 0 saturated heterocycles. The number of benzene rings is 1. The summed E-state index contributed by atoms with van der Waals surface area (Å²) in [4.78, 5) is 0. The minimum atomic E-state index is -0.759. The van der Waals surface area contributed by atoms with Gasteiger partial charge in [0.05, 0.1) is 11.1 Å². The van der Waals surface area contributed by atoms with Gasteiger partial charge < -0.3 is 15.5 Å². The standard InChI is InChI=1S/C9H11BrClNO2/c1-12-4-7(13)5-2-3-6(10)8(11)9(5)14/h2-3,7,12-14H,4H2,1H3. The fraction of sp³-hybridized carbons (Fsp3) is 0.333. The zero-order chi connectivity index (χ0) is 10.7. The average molecular weight is 281 g/mol. The van der Waals surface area contributed by atoms with Gasteiger partial charge in [0, 0.05) is 16.6 Å². The molecule has 0 radical (unpaired) electrons. The summed E-state index contributed by atoms with van der Waals surface area (Å²) in [6.45, 7) is 0.367. The number of aliphatic hydroxyl groups is 1. The van der Waals surface area contributed by atoms with Gasteiger partial charge in [0.15, 0.2) is 0 Å². The van der Waals surface area contributed by atoms with Crippen molar-refractivity contribution in [2.24, 2.45) is 0 Å². The van der Waals surface area contributed by atoms with E-state index >= 15 is 0 Å². The van der Waals surface area contributed by atoms with E-state index in [-0.39, 0.29) is 10.8 Å². The highest BCUT2D eigenvalue weighted by Gasteiger charge is 2.15. The van der Waals surface area contributed by atoms with Crippen molar-refractivity contribution in [3.63, 3.8) is 0 Å². The third-order valence-electron chi connectivity index (χ3n) is 1.86. The molecule has 0 aromatic heterocycles. The van der Waals surface area contributed by atoms with Gasteiger partial charge in [-0.2, -0.15) is 0 Å². The van der Waals surface area contributed by atoms with Crippen LogP contribution in [0.15, 0.2) is 16.6 Å². The second-order valence-corrected chi connectivity index (χ2v) is 4.10. The molecular formula is C9H11BrClNO2. The number of phenols is 1. The first-order valence-electron chi connectivity index (χ1n) is 4.07. The van der Waals surface area contributed by atoms with Crippen LogP contribution in [0.5, 0.6) is 5.75 Å². The molecule has 0 heterocycles. The van der Waals surface area contributed by atoms with Crippen molar-refractivity contribution in [3.05, 3.63) is 27.2 Å². The first kappa shape index (κ1) is 11.8. The summed E-state index contributed by atoms with van der Waals surface area (Å²) in [5.74, 6) is -0.0798. The molecule has 1 aromatic carbocycles. The minimum absolute atomic E-state index is 0.0798. The van der Waals surface area contributed by atoms with E-state index in [9.17, 15) is 10.2 Å². The van der Waals surface area contributed by atoms with E-state index in [4.69, 9.17) is 11.6 Å². The van der Waals surface area contributed by atoms with Gasteiger partial charge in [0.1, 0.15) is 5.75 Å². The van der Waals surface area contributed by atoms with Gasteiger partial charge in [0.25, 0.3) is 0 Å². The highest BCUT2D eigenvalue weighted by Crippen LogP contribution is 2.36. The van der Waals surface area contributed by atoms with E-state index in [1.54, 1.807) is 19.2 Å². The Labute approximate surface area is 95.8 Å². The Morgan fingerprint density at radius 3 is 2.79 bits per heavy atom. The predicted molar refractivity (Wildman–Crippen MR) is 59.7 cm³/mol. The molecular weight excluding hydrogens is 269 g/mol. The van der Waals surface area contributed by atoms with Crippen LogP contribution >= 0.6 is 27.5 Å². The van der Waals surface area contributed by atoms with Crippen molar-refractivity contribution in [1.29, 1.82) is 0 Å². The summed E-state index contributed by atoms with van der Waals surface area (Å²) in [5.41, 5.74) is 0.424. The van der Waals surface area contributed by atoms with Crippen LogP contribution in [0.25, 0.3) is 0 Å². The molecule has 0 amide bonds. The number of phenolic OH excluding ortho intramolecular Hbond substituents is 1. The fourth-order valence-electron chi connectivity index (χ4n) is 1.13. The van der Waals surface area contributed by atoms with Crippen LogP contribution < -0.4 is 5.32 Å². The molecule has 0 aliphatic heterocycles.